The normalized spacial score (nSPS) is 11.8. The lowest BCUT2D eigenvalue weighted by Crippen LogP contribution is -2.12. The van der Waals surface area contributed by atoms with Gasteiger partial charge in [0.15, 0.2) is 5.75 Å². The second kappa shape index (κ2) is 14.5. The molecule has 0 fully saturated rings. The van der Waals surface area contributed by atoms with Gasteiger partial charge in [-0.25, -0.2) is 4.98 Å². The summed E-state index contributed by atoms with van der Waals surface area (Å²) in [7, 11) is 0. The number of para-hydroxylation sites is 5. The molecule has 0 amide bonds. The molecule has 294 valence electrons. The highest BCUT2D eigenvalue weighted by atomic mass is 16.5. The number of hydrogen-bond donors (Lipinski definition) is 2. The number of aromatic nitrogens is 3. The van der Waals surface area contributed by atoms with E-state index in [0.717, 1.165) is 84.0 Å². The van der Waals surface area contributed by atoms with Gasteiger partial charge in [0.1, 0.15) is 11.6 Å². The third-order valence-electron chi connectivity index (χ3n) is 11.6. The zero-order chi connectivity index (χ0) is 41.1. The summed E-state index contributed by atoms with van der Waals surface area (Å²) in [6.45, 7) is 13.2. The highest BCUT2D eigenvalue weighted by Gasteiger charge is 2.21. The van der Waals surface area contributed by atoms with Gasteiger partial charge in [-0.05, 0) is 110 Å². The summed E-state index contributed by atoms with van der Waals surface area (Å²) in [6, 6.07) is 55.7. The van der Waals surface area contributed by atoms with Crippen molar-refractivity contribution in [1.82, 2.24) is 14.1 Å². The maximum absolute atomic E-state index is 7.19. The first kappa shape index (κ1) is 37.0. The molecule has 0 saturated carbocycles. The average molecular weight is 782 g/mol. The summed E-state index contributed by atoms with van der Waals surface area (Å²) in [6.07, 6.45) is 1.92. The molecule has 0 unspecified atom stereocenters. The first-order chi connectivity index (χ1) is 29.1. The molecular formula is C54H47N5O. The molecule has 10 rings (SSSR count). The fourth-order valence-electron chi connectivity index (χ4n) is 8.82. The van der Waals surface area contributed by atoms with Crippen LogP contribution in [-0.4, -0.2) is 14.1 Å². The van der Waals surface area contributed by atoms with E-state index in [2.05, 4.69) is 219 Å². The van der Waals surface area contributed by atoms with Crippen LogP contribution in [0, 0.1) is 20.8 Å². The standard InChI is InChI=1S/C54H47N5O/c1-34-28-35(2)52(36(3)29-34)57-46-21-13-12-20-45(46)56-38-31-44-42-19-11-14-22-47(42)58(39-16-8-7-9-17-39)53(44)50(32-38)60-40-24-25-43-41-18-10-15-23-48(41)59(49(43)33-40)51-30-37(26-27-55-51)54(4,5)6/h7-33,56-57H,1-6H3. The Morgan fingerprint density at radius 1 is 0.533 bits per heavy atom. The van der Waals surface area contributed by atoms with Crippen LogP contribution in [-0.2, 0) is 5.41 Å². The van der Waals surface area contributed by atoms with Crippen molar-refractivity contribution in [1.29, 1.82) is 0 Å². The summed E-state index contributed by atoms with van der Waals surface area (Å²) >= 11 is 0. The number of anilines is 4. The number of fused-ring (bicyclic) bond motifs is 6. The monoisotopic (exact) mass is 781 g/mol. The molecule has 0 aliphatic rings. The number of benzene rings is 7. The smallest absolute Gasteiger partial charge is 0.154 e. The predicted molar refractivity (Wildman–Crippen MR) is 252 cm³/mol. The molecule has 0 aliphatic heterocycles. The molecule has 10 aromatic rings. The molecule has 6 heteroatoms. The van der Waals surface area contributed by atoms with Crippen molar-refractivity contribution < 1.29 is 4.74 Å². The third-order valence-corrected chi connectivity index (χ3v) is 11.6. The zero-order valence-corrected chi connectivity index (χ0v) is 34.8. The molecule has 0 atom stereocenters. The van der Waals surface area contributed by atoms with E-state index in [-0.39, 0.29) is 5.41 Å². The van der Waals surface area contributed by atoms with E-state index >= 15 is 0 Å². The fourth-order valence-corrected chi connectivity index (χ4v) is 8.82. The maximum atomic E-state index is 7.19. The molecule has 6 nitrogen and oxygen atoms in total. The van der Waals surface area contributed by atoms with Gasteiger partial charge in [-0.1, -0.05) is 105 Å². The SMILES string of the molecule is Cc1cc(C)c(Nc2ccccc2Nc2cc(Oc3ccc4c5ccccc5n(-c5cc(C(C)(C)C)ccn5)c4c3)c3c(c2)c2ccccc2n3-c2ccccc2)c(C)c1. The molecule has 3 heterocycles. The topological polar surface area (TPSA) is 56.0 Å². The maximum Gasteiger partial charge on any atom is 0.154 e. The van der Waals surface area contributed by atoms with Crippen LogP contribution in [0.5, 0.6) is 11.5 Å². The minimum Gasteiger partial charge on any atom is -0.455 e. The minimum atomic E-state index is -0.0263. The highest BCUT2D eigenvalue weighted by Crippen LogP contribution is 2.44. The third kappa shape index (κ3) is 6.51. The predicted octanol–water partition coefficient (Wildman–Crippen LogP) is 14.8. The number of pyridine rings is 1. The lowest BCUT2D eigenvalue weighted by Gasteiger charge is -2.20. The number of hydrogen-bond acceptors (Lipinski definition) is 4. The van der Waals surface area contributed by atoms with E-state index in [4.69, 9.17) is 9.72 Å². The Balaban J connectivity index is 1.16. The van der Waals surface area contributed by atoms with Crippen molar-refractivity contribution in [3.8, 4) is 23.0 Å². The summed E-state index contributed by atoms with van der Waals surface area (Å²) < 4.78 is 11.8. The van der Waals surface area contributed by atoms with Crippen molar-refractivity contribution in [2.45, 2.75) is 47.0 Å². The summed E-state index contributed by atoms with van der Waals surface area (Å²) in [5.41, 5.74) is 14.2. The number of rotatable bonds is 8. The van der Waals surface area contributed by atoms with Gasteiger partial charge in [-0.3, -0.25) is 4.57 Å². The van der Waals surface area contributed by atoms with Crippen molar-refractivity contribution in [3.63, 3.8) is 0 Å². The van der Waals surface area contributed by atoms with E-state index in [0.29, 0.717) is 0 Å². The Bertz CT molecular complexity index is 3230. The summed E-state index contributed by atoms with van der Waals surface area (Å²) in [5, 5.41) is 12.1. The Hall–Kier alpha value is -7.31. The van der Waals surface area contributed by atoms with Gasteiger partial charge in [-0.15, -0.1) is 0 Å². The molecule has 2 N–H and O–H groups in total. The van der Waals surface area contributed by atoms with E-state index in [9.17, 15) is 0 Å². The first-order valence-corrected chi connectivity index (χ1v) is 20.6. The first-order valence-electron chi connectivity index (χ1n) is 20.6. The van der Waals surface area contributed by atoms with Crippen LogP contribution in [0.1, 0.15) is 43.0 Å². The molecule has 0 aliphatic carbocycles. The van der Waals surface area contributed by atoms with Crippen LogP contribution >= 0.6 is 0 Å². The largest absolute Gasteiger partial charge is 0.455 e. The molecule has 7 aromatic carbocycles. The van der Waals surface area contributed by atoms with Crippen LogP contribution in [0.2, 0.25) is 0 Å². The Morgan fingerprint density at radius 2 is 1.15 bits per heavy atom. The molecule has 3 aromatic heterocycles. The lowest BCUT2D eigenvalue weighted by molar-refractivity contribution is 0.487. The van der Waals surface area contributed by atoms with Crippen LogP contribution < -0.4 is 15.4 Å². The van der Waals surface area contributed by atoms with Gasteiger partial charge in [0, 0.05) is 56.9 Å². The summed E-state index contributed by atoms with van der Waals surface area (Å²) in [5.74, 6) is 2.35. The number of nitrogens with one attached hydrogen (secondary N) is 2. The highest BCUT2D eigenvalue weighted by molar-refractivity contribution is 6.13. The van der Waals surface area contributed by atoms with E-state index in [1.807, 2.05) is 6.20 Å². The van der Waals surface area contributed by atoms with E-state index < -0.39 is 0 Å². The van der Waals surface area contributed by atoms with Crippen molar-refractivity contribution in [2.24, 2.45) is 0 Å². The molecule has 60 heavy (non-hydrogen) atoms. The van der Waals surface area contributed by atoms with Crippen molar-refractivity contribution in [2.75, 3.05) is 10.6 Å². The lowest BCUT2D eigenvalue weighted by atomic mass is 9.88. The Kier molecular flexibility index (Phi) is 8.94. The van der Waals surface area contributed by atoms with E-state index in [1.165, 1.54) is 27.6 Å². The fraction of sp³-hybridized carbons (Fsp3) is 0.130. The average Bonchev–Trinajstić information content (AvgIpc) is 3.75. The van der Waals surface area contributed by atoms with Gasteiger partial charge in [0.25, 0.3) is 0 Å². The van der Waals surface area contributed by atoms with Crippen LogP contribution in [0.4, 0.5) is 22.7 Å². The Morgan fingerprint density at radius 3 is 1.87 bits per heavy atom. The van der Waals surface area contributed by atoms with Crippen LogP contribution in [0.15, 0.2) is 164 Å². The molecule has 0 bridgehead atoms. The van der Waals surface area contributed by atoms with Gasteiger partial charge < -0.3 is 19.9 Å². The number of ether oxygens (including phenoxy) is 1. The molecule has 0 radical (unpaired) electrons. The van der Waals surface area contributed by atoms with Gasteiger partial charge in [-0.2, -0.15) is 0 Å². The van der Waals surface area contributed by atoms with Crippen molar-refractivity contribution in [3.05, 3.63) is 186 Å². The summed E-state index contributed by atoms with van der Waals surface area (Å²) in [4.78, 5) is 4.92. The zero-order valence-electron chi connectivity index (χ0n) is 34.8. The number of aryl methyl sites for hydroxylation is 3. The van der Waals surface area contributed by atoms with Gasteiger partial charge in [0.05, 0.1) is 33.4 Å². The Labute approximate surface area is 350 Å². The molecule has 0 saturated heterocycles. The second-order valence-electron chi connectivity index (χ2n) is 16.9. The van der Waals surface area contributed by atoms with Crippen LogP contribution in [0.25, 0.3) is 55.1 Å². The number of nitrogens with zero attached hydrogens (tertiary/aromatic N) is 3. The van der Waals surface area contributed by atoms with Gasteiger partial charge >= 0.3 is 0 Å². The molecule has 0 spiro atoms. The molecular weight excluding hydrogens is 735 g/mol. The van der Waals surface area contributed by atoms with Crippen LogP contribution in [0.3, 0.4) is 0 Å². The quantitative estimate of drug-likeness (QED) is 0.161. The second-order valence-corrected chi connectivity index (χ2v) is 16.9. The van der Waals surface area contributed by atoms with Gasteiger partial charge in [0.2, 0.25) is 0 Å². The van der Waals surface area contributed by atoms with E-state index in [1.54, 1.807) is 0 Å². The minimum absolute atomic E-state index is 0.0263. The van der Waals surface area contributed by atoms with Crippen molar-refractivity contribution >= 4 is 66.4 Å².